The number of nitrogens with zero attached hydrogens (tertiary/aromatic N) is 2. The zero-order valence-electron chi connectivity index (χ0n) is 5.52. The Hall–Kier alpha value is -1.35. The average Bonchev–Trinajstić information content (AvgIpc) is 1.62. The molecule has 0 aliphatic carbocycles. The molecule has 0 radical (unpaired) electrons. The molecule has 3 N–H and O–H groups in total. The van der Waals surface area contributed by atoms with Gasteiger partial charge in [0.2, 0.25) is 0 Å². The second kappa shape index (κ2) is 7.65. The third-order valence-corrected chi connectivity index (χ3v) is 0.413. The van der Waals surface area contributed by atoms with Crippen LogP contribution in [0.1, 0.15) is 13.3 Å². The predicted molar refractivity (Wildman–Crippen MR) is 32.7 cm³/mol. The first-order valence-corrected chi connectivity index (χ1v) is 2.46. The highest BCUT2D eigenvalue weighted by Crippen LogP contribution is 1.77. The van der Waals surface area contributed by atoms with E-state index in [1.54, 1.807) is 0 Å². The molecule has 0 bridgehead atoms. The fourth-order valence-corrected chi connectivity index (χ4v) is 0.144. The van der Waals surface area contributed by atoms with E-state index in [0.717, 1.165) is 0 Å². The zero-order chi connectivity index (χ0) is 8.57. The van der Waals surface area contributed by atoms with Crippen LogP contribution in [0, 0.1) is 21.4 Å². The summed E-state index contributed by atoms with van der Waals surface area (Å²) in [5.41, 5.74) is 5.18. The van der Waals surface area contributed by atoms with Crippen LogP contribution in [-0.2, 0) is 0 Å². The SMILES string of the molecule is CC(N)CC#N.O=[N+]([O-])O. The molecule has 0 heterocycles. The lowest BCUT2D eigenvalue weighted by atomic mass is 10.3. The van der Waals surface area contributed by atoms with Crippen LogP contribution in [0.25, 0.3) is 0 Å². The number of rotatable bonds is 1. The maximum atomic E-state index is 8.36. The lowest BCUT2D eigenvalue weighted by Crippen LogP contribution is -2.12. The summed E-state index contributed by atoms with van der Waals surface area (Å²) in [6.45, 7) is 1.81. The van der Waals surface area contributed by atoms with E-state index in [0.29, 0.717) is 6.42 Å². The van der Waals surface area contributed by atoms with Crippen LogP contribution in [0.3, 0.4) is 0 Å². The molecule has 0 saturated carbocycles. The van der Waals surface area contributed by atoms with E-state index in [-0.39, 0.29) is 6.04 Å². The highest BCUT2D eigenvalue weighted by atomic mass is 16.9. The Labute approximate surface area is 58.0 Å². The van der Waals surface area contributed by atoms with Crippen molar-refractivity contribution in [2.24, 2.45) is 5.73 Å². The average molecular weight is 147 g/mol. The van der Waals surface area contributed by atoms with Gasteiger partial charge < -0.3 is 10.9 Å². The Morgan fingerprint density at radius 3 is 2.30 bits per heavy atom. The van der Waals surface area contributed by atoms with E-state index < -0.39 is 5.09 Å². The summed E-state index contributed by atoms with van der Waals surface area (Å²) in [7, 11) is 0. The molecule has 6 heteroatoms. The van der Waals surface area contributed by atoms with Gasteiger partial charge in [0, 0.05) is 12.5 Å². The third kappa shape index (κ3) is 78.0. The Kier molecular flexibility index (Phi) is 8.76. The molecule has 58 valence electrons. The van der Waals surface area contributed by atoms with Gasteiger partial charge in [-0.15, -0.1) is 10.1 Å². The molecular weight excluding hydrogens is 138 g/mol. The van der Waals surface area contributed by atoms with Crippen LogP contribution in [0.15, 0.2) is 0 Å². The summed E-state index contributed by atoms with van der Waals surface area (Å²) in [4.78, 5) is 8.36. The van der Waals surface area contributed by atoms with E-state index in [9.17, 15) is 0 Å². The Morgan fingerprint density at radius 2 is 2.30 bits per heavy atom. The van der Waals surface area contributed by atoms with Gasteiger partial charge in [0.25, 0.3) is 5.09 Å². The standard InChI is InChI=1S/C4H8N2.HNO3/c1-4(6)2-3-5;2-1(3)4/h4H,2,6H2,1H3;(H,2,3,4). The topological polar surface area (TPSA) is 113 Å². The van der Waals surface area contributed by atoms with Gasteiger partial charge in [-0.25, -0.2) is 0 Å². The molecule has 0 amide bonds. The molecule has 10 heavy (non-hydrogen) atoms. The first-order valence-electron chi connectivity index (χ1n) is 2.46. The summed E-state index contributed by atoms with van der Waals surface area (Å²) in [5.74, 6) is 0. The Morgan fingerprint density at radius 1 is 2.00 bits per heavy atom. The van der Waals surface area contributed by atoms with Gasteiger partial charge in [-0.2, -0.15) is 5.26 Å². The number of nitrogens with two attached hydrogens (primary N) is 1. The molecule has 0 aliphatic rings. The minimum atomic E-state index is -1.50. The molecule has 0 saturated heterocycles. The molecule has 0 aromatic rings. The minimum Gasteiger partial charge on any atom is -0.328 e. The molecule has 0 aliphatic heterocycles. The van der Waals surface area contributed by atoms with Gasteiger partial charge in [-0.05, 0) is 6.92 Å². The largest absolute Gasteiger partial charge is 0.328 e. The zero-order valence-corrected chi connectivity index (χ0v) is 5.52. The van der Waals surface area contributed by atoms with E-state index in [2.05, 4.69) is 0 Å². The van der Waals surface area contributed by atoms with Gasteiger partial charge in [-0.1, -0.05) is 0 Å². The van der Waals surface area contributed by atoms with Crippen LogP contribution in [-0.4, -0.2) is 16.3 Å². The first-order chi connectivity index (χ1) is 4.50. The third-order valence-electron chi connectivity index (χ3n) is 0.413. The molecule has 0 aromatic heterocycles. The van der Waals surface area contributed by atoms with Crippen LogP contribution in [0.5, 0.6) is 0 Å². The lowest BCUT2D eigenvalue weighted by Gasteiger charge is -1.89. The fraction of sp³-hybridized carbons (Fsp3) is 0.750. The van der Waals surface area contributed by atoms with Crippen molar-refractivity contribution in [1.29, 1.82) is 5.26 Å². The second-order valence-corrected chi connectivity index (χ2v) is 1.58. The van der Waals surface area contributed by atoms with Crippen LogP contribution >= 0.6 is 0 Å². The molecule has 6 nitrogen and oxygen atoms in total. The second-order valence-electron chi connectivity index (χ2n) is 1.58. The molecule has 0 spiro atoms. The molecule has 0 aromatic carbocycles. The molecule has 1 atom stereocenters. The quantitative estimate of drug-likeness (QED) is 0.397. The van der Waals surface area contributed by atoms with Crippen molar-refractivity contribution >= 4 is 0 Å². The van der Waals surface area contributed by atoms with Gasteiger partial charge in [0.05, 0.1) is 6.07 Å². The molecule has 0 rings (SSSR count). The summed E-state index contributed by atoms with van der Waals surface area (Å²) in [6.07, 6.45) is 0.458. The smallest absolute Gasteiger partial charge is 0.291 e. The highest BCUT2D eigenvalue weighted by molar-refractivity contribution is 4.74. The minimum absolute atomic E-state index is 0.0370. The molecule has 0 fully saturated rings. The number of hydrogen-bond donors (Lipinski definition) is 2. The van der Waals surface area contributed by atoms with Gasteiger partial charge >= 0.3 is 0 Å². The maximum absolute atomic E-state index is 8.36. The number of nitriles is 1. The van der Waals surface area contributed by atoms with Crippen molar-refractivity contribution < 1.29 is 10.3 Å². The maximum Gasteiger partial charge on any atom is 0.291 e. The van der Waals surface area contributed by atoms with Crippen molar-refractivity contribution in [2.75, 3.05) is 0 Å². The monoisotopic (exact) mass is 147 g/mol. The van der Waals surface area contributed by atoms with E-state index in [4.69, 9.17) is 26.3 Å². The van der Waals surface area contributed by atoms with Crippen LogP contribution in [0.4, 0.5) is 0 Å². The van der Waals surface area contributed by atoms with E-state index >= 15 is 0 Å². The van der Waals surface area contributed by atoms with Gasteiger partial charge in [0.1, 0.15) is 0 Å². The summed E-state index contributed by atoms with van der Waals surface area (Å²) in [5, 5.41) is 21.5. The fourth-order valence-electron chi connectivity index (χ4n) is 0.144. The first kappa shape index (κ1) is 11.4. The number of hydrogen-bond acceptors (Lipinski definition) is 4. The van der Waals surface area contributed by atoms with Crippen molar-refractivity contribution in [3.05, 3.63) is 10.1 Å². The van der Waals surface area contributed by atoms with E-state index in [1.807, 2.05) is 13.0 Å². The van der Waals surface area contributed by atoms with Crippen LogP contribution < -0.4 is 5.73 Å². The van der Waals surface area contributed by atoms with Crippen LogP contribution in [0.2, 0.25) is 0 Å². The van der Waals surface area contributed by atoms with Crippen molar-refractivity contribution in [1.82, 2.24) is 0 Å². The summed E-state index contributed by atoms with van der Waals surface area (Å²) >= 11 is 0. The lowest BCUT2D eigenvalue weighted by molar-refractivity contribution is -0.742. The Balaban J connectivity index is 0. The predicted octanol–water partition coefficient (Wildman–Crippen LogP) is -0.100. The van der Waals surface area contributed by atoms with E-state index in [1.165, 1.54) is 0 Å². The molecule has 1 unspecified atom stereocenters. The van der Waals surface area contributed by atoms with Gasteiger partial charge in [0.15, 0.2) is 0 Å². The summed E-state index contributed by atoms with van der Waals surface area (Å²) in [6, 6.07) is 1.98. The normalized spacial score (nSPS) is 10.1. The van der Waals surface area contributed by atoms with Crippen molar-refractivity contribution in [3.63, 3.8) is 0 Å². The van der Waals surface area contributed by atoms with Crippen molar-refractivity contribution in [3.8, 4) is 6.07 Å². The van der Waals surface area contributed by atoms with Crippen molar-refractivity contribution in [2.45, 2.75) is 19.4 Å². The van der Waals surface area contributed by atoms with Gasteiger partial charge in [-0.3, -0.25) is 0 Å². The molecular formula is C4H9N3O3. The Bertz CT molecular complexity index is 124. The summed E-state index contributed by atoms with van der Waals surface area (Å²) < 4.78 is 0. The highest BCUT2D eigenvalue weighted by Gasteiger charge is 1.85.